The largest absolute Gasteiger partial charge is 0.312 e. The first kappa shape index (κ1) is 12.6. The van der Waals surface area contributed by atoms with Crippen molar-refractivity contribution in [1.29, 1.82) is 0 Å². The molecule has 2 atom stereocenters. The normalized spacial score (nSPS) is 44.6. The van der Waals surface area contributed by atoms with Gasteiger partial charge in [-0.1, -0.05) is 12.8 Å². The zero-order chi connectivity index (χ0) is 14.1. The third-order valence-electron chi connectivity index (χ3n) is 6.77. The zero-order valence-electron chi connectivity index (χ0n) is 12.7. The number of aromatic nitrogens is 3. The number of hydrogen-bond acceptors (Lipinski definition) is 2. The van der Waals surface area contributed by atoms with Gasteiger partial charge in [-0.05, 0) is 62.7 Å². The van der Waals surface area contributed by atoms with Gasteiger partial charge in [0.15, 0.2) is 12.0 Å². The molecule has 2 unspecified atom stereocenters. The smallest absolute Gasteiger partial charge is 0.167 e. The zero-order valence-corrected chi connectivity index (χ0v) is 12.7. The van der Waals surface area contributed by atoms with Gasteiger partial charge in [-0.2, -0.15) is 0 Å². The van der Waals surface area contributed by atoms with Crippen molar-refractivity contribution >= 4 is 0 Å². The lowest BCUT2D eigenvalue weighted by Gasteiger charge is -2.65. The number of alkyl halides is 1. The number of nitrogens with zero attached hydrogens (tertiary/aromatic N) is 3. The summed E-state index contributed by atoms with van der Waals surface area (Å²) in [5.74, 6) is 2.65. The number of rotatable bonds is 1. The van der Waals surface area contributed by atoms with Crippen molar-refractivity contribution in [2.45, 2.75) is 82.3 Å². The second-order valence-corrected chi connectivity index (χ2v) is 8.30. The SMILES string of the molecule is FC1CCCCn2c1nnc2C12CC3CCCC(C3)(C1)C2. The Labute approximate surface area is 125 Å². The van der Waals surface area contributed by atoms with Crippen LogP contribution in [-0.2, 0) is 12.0 Å². The van der Waals surface area contributed by atoms with Crippen LogP contribution in [0, 0.1) is 11.3 Å². The second kappa shape index (κ2) is 4.08. The van der Waals surface area contributed by atoms with Gasteiger partial charge in [0.1, 0.15) is 5.82 Å². The molecule has 0 amide bonds. The van der Waals surface area contributed by atoms with Crippen LogP contribution in [0.25, 0.3) is 0 Å². The lowest BCUT2D eigenvalue weighted by atomic mass is 9.40. The molecule has 4 saturated carbocycles. The van der Waals surface area contributed by atoms with E-state index in [1.807, 2.05) is 0 Å². The van der Waals surface area contributed by atoms with Crippen LogP contribution in [0.3, 0.4) is 0 Å². The summed E-state index contributed by atoms with van der Waals surface area (Å²) < 4.78 is 16.4. The summed E-state index contributed by atoms with van der Waals surface area (Å²) in [7, 11) is 0. The molecular formula is C17H24FN3. The Balaban J connectivity index is 1.54. The standard InChI is InChI=1S/C17H24FN3/c18-13-5-1-2-7-21-14(13)19-20-15(21)17-9-12-4-3-6-16(8-12,10-17)11-17/h12-13H,1-11H2. The van der Waals surface area contributed by atoms with Crippen LogP contribution >= 0.6 is 0 Å². The molecule has 3 nitrogen and oxygen atoms in total. The highest BCUT2D eigenvalue weighted by Gasteiger charge is 2.63. The van der Waals surface area contributed by atoms with Crippen molar-refractivity contribution in [3.05, 3.63) is 11.6 Å². The maximum atomic E-state index is 14.3. The molecule has 1 spiro atoms. The predicted octanol–water partition coefficient (Wildman–Crippen LogP) is 4.08. The van der Waals surface area contributed by atoms with Gasteiger partial charge >= 0.3 is 0 Å². The van der Waals surface area contributed by atoms with Crippen molar-refractivity contribution in [3.8, 4) is 0 Å². The van der Waals surface area contributed by atoms with E-state index in [1.54, 1.807) is 0 Å². The van der Waals surface area contributed by atoms with Gasteiger partial charge < -0.3 is 4.57 Å². The number of hydrogen-bond donors (Lipinski definition) is 0. The second-order valence-electron chi connectivity index (χ2n) is 8.30. The molecule has 1 aromatic heterocycles. The van der Waals surface area contributed by atoms with Crippen LogP contribution < -0.4 is 0 Å². The molecule has 4 heteroatoms. The van der Waals surface area contributed by atoms with Crippen LogP contribution in [-0.4, -0.2) is 14.8 Å². The van der Waals surface area contributed by atoms with Crippen molar-refractivity contribution in [2.24, 2.45) is 11.3 Å². The molecule has 2 heterocycles. The molecule has 6 rings (SSSR count). The molecule has 0 radical (unpaired) electrons. The fraction of sp³-hybridized carbons (Fsp3) is 0.882. The molecular weight excluding hydrogens is 265 g/mol. The van der Waals surface area contributed by atoms with E-state index in [2.05, 4.69) is 14.8 Å². The van der Waals surface area contributed by atoms with E-state index in [0.717, 1.165) is 31.1 Å². The summed E-state index contributed by atoms with van der Waals surface area (Å²) in [6.45, 7) is 0.928. The van der Waals surface area contributed by atoms with Crippen LogP contribution in [0.1, 0.15) is 82.0 Å². The van der Waals surface area contributed by atoms with Gasteiger partial charge in [-0.25, -0.2) is 4.39 Å². The number of fused-ring (bicyclic) bond motifs is 1. The van der Waals surface area contributed by atoms with E-state index in [9.17, 15) is 4.39 Å². The highest BCUT2D eigenvalue weighted by molar-refractivity contribution is 5.25. The van der Waals surface area contributed by atoms with Crippen molar-refractivity contribution in [1.82, 2.24) is 14.8 Å². The number of halogens is 1. The van der Waals surface area contributed by atoms with Gasteiger partial charge in [-0.3, -0.25) is 0 Å². The first-order valence-corrected chi connectivity index (χ1v) is 8.78. The summed E-state index contributed by atoms with van der Waals surface area (Å²) in [6, 6.07) is 0. The molecule has 4 fully saturated rings. The summed E-state index contributed by atoms with van der Waals surface area (Å²) in [6.07, 6.45) is 11.3. The Hall–Kier alpha value is -0.930. The predicted molar refractivity (Wildman–Crippen MR) is 77.6 cm³/mol. The Morgan fingerprint density at radius 1 is 1.05 bits per heavy atom. The summed E-state index contributed by atoms with van der Waals surface area (Å²) in [5, 5.41) is 8.79. The topological polar surface area (TPSA) is 30.7 Å². The molecule has 21 heavy (non-hydrogen) atoms. The average Bonchev–Trinajstić information content (AvgIpc) is 2.78. The van der Waals surface area contributed by atoms with Crippen LogP contribution in [0.2, 0.25) is 0 Å². The highest BCUT2D eigenvalue weighted by Crippen LogP contribution is 2.69. The molecule has 114 valence electrons. The third-order valence-corrected chi connectivity index (χ3v) is 6.77. The Morgan fingerprint density at radius 2 is 1.95 bits per heavy atom. The molecule has 1 aliphatic heterocycles. The van der Waals surface area contributed by atoms with Gasteiger partial charge in [0, 0.05) is 12.0 Å². The van der Waals surface area contributed by atoms with E-state index >= 15 is 0 Å². The Kier molecular flexibility index (Phi) is 2.45. The highest BCUT2D eigenvalue weighted by atomic mass is 19.1. The molecule has 3 bridgehead atoms. The molecule has 1 aromatic rings. The minimum absolute atomic E-state index is 0.249. The van der Waals surface area contributed by atoms with E-state index in [1.165, 1.54) is 44.9 Å². The van der Waals surface area contributed by atoms with Crippen molar-refractivity contribution in [3.63, 3.8) is 0 Å². The van der Waals surface area contributed by atoms with Gasteiger partial charge in [0.25, 0.3) is 0 Å². The lowest BCUT2D eigenvalue weighted by Crippen LogP contribution is -2.58. The van der Waals surface area contributed by atoms with Crippen LogP contribution in [0.4, 0.5) is 4.39 Å². The fourth-order valence-corrected chi connectivity index (χ4v) is 6.29. The minimum atomic E-state index is -0.901. The quantitative estimate of drug-likeness (QED) is 0.779. The van der Waals surface area contributed by atoms with E-state index in [4.69, 9.17) is 0 Å². The van der Waals surface area contributed by atoms with Gasteiger partial charge in [0.2, 0.25) is 0 Å². The van der Waals surface area contributed by atoms with Gasteiger partial charge in [0.05, 0.1) is 0 Å². The monoisotopic (exact) mass is 289 g/mol. The third kappa shape index (κ3) is 1.65. The maximum Gasteiger partial charge on any atom is 0.167 e. The molecule has 5 aliphatic rings. The Bertz CT molecular complexity index is 567. The molecule has 4 aliphatic carbocycles. The van der Waals surface area contributed by atoms with Crippen LogP contribution in [0.5, 0.6) is 0 Å². The van der Waals surface area contributed by atoms with E-state index < -0.39 is 6.17 Å². The summed E-state index contributed by atoms with van der Waals surface area (Å²) >= 11 is 0. The van der Waals surface area contributed by atoms with Crippen molar-refractivity contribution < 1.29 is 4.39 Å². The maximum absolute atomic E-state index is 14.3. The summed E-state index contributed by atoms with van der Waals surface area (Å²) in [4.78, 5) is 0. The summed E-state index contributed by atoms with van der Waals surface area (Å²) in [5.41, 5.74) is 0.867. The first-order chi connectivity index (χ1) is 10.2. The van der Waals surface area contributed by atoms with Gasteiger partial charge in [-0.15, -0.1) is 10.2 Å². The molecule has 0 aromatic carbocycles. The molecule has 0 saturated heterocycles. The lowest BCUT2D eigenvalue weighted by molar-refractivity contribution is -0.103. The van der Waals surface area contributed by atoms with E-state index in [0.29, 0.717) is 17.7 Å². The first-order valence-electron chi connectivity index (χ1n) is 8.78. The van der Waals surface area contributed by atoms with Crippen molar-refractivity contribution in [2.75, 3.05) is 0 Å². The average molecular weight is 289 g/mol. The molecule has 0 N–H and O–H groups in total. The van der Waals surface area contributed by atoms with Crippen LogP contribution in [0.15, 0.2) is 0 Å². The minimum Gasteiger partial charge on any atom is -0.312 e. The Morgan fingerprint density at radius 3 is 2.81 bits per heavy atom. The fourth-order valence-electron chi connectivity index (χ4n) is 6.29. The van der Waals surface area contributed by atoms with E-state index in [-0.39, 0.29) is 5.41 Å².